The van der Waals surface area contributed by atoms with E-state index in [0.717, 1.165) is 12.2 Å². The summed E-state index contributed by atoms with van der Waals surface area (Å²) < 4.78 is 5.59. The van der Waals surface area contributed by atoms with Gasteiger partial charge in [-0.3, -0.25) is 4.79 Å². The van der Waals surface area contributed by atoms with E-state index >= 15 is 0 Å². The van der Waals surface area contributed by atoms with Gasteiger partial charge in [-0.1, -0.05) is 19.9 Å². The molecule has 4 heteroatoms. The van der Waals surface area contributed by atoms with Gasteiger partial charge in [-0.25, -0.2) is 0 Å². The lowest BCUT2D eigenvalue weighted by Crippen LogP contribution is -2.36. The van der Waals surface area contributed by atoms with Crippen molar-refractivity contribution in [1.29, 1.82) is 0 Å². The molecule has 0 spiro atoms. The summed E-state index contributed by atoms with van der Waals surface area (Å²) in [4.78, 5) is 12.2. The Morgan fingerprint density at radius 2 is 2.17 bits per heavy atom. The number of hydrogen-bond acceptors (Lipinski definition) is 3. The normalized spacial score (nSPS) is 15.3. The summed E-state index contributed by atoms with van der Waals surface area (Å²) in [7, 11) is 0. The highest BCUT2D eigenvalue weighted by Gasteiger charge is 2.20. The second kappa shape index (κ2) is 5.29. The van der Waals surface area contributed by atoms with Crippen LogP contribution >= 0.6 is 0 Å². The first-order valence-electron chi connectivity index (χ1n) is 6.40. The van der Waals surface area contributed by atoms with Crippen LogP contribution in [0.15, 0.2) is 18.2 Å². The van der Waals surface area contributed by atoms with Crippen molar-refractivity contribution in [2.75, 3.05) is 18.5 Å². The third-order valence-corrected chi connectivity index (χ3v) is 3.28. The van der Waals surface area contributed by atoms with Crippen molar-refractivity contribution in [2.24, 2.45) is 5.92 Å². The van der Waals surface area contributed by atoms with E-state index in [1.807, 2.05) is 19.1 Å². The van der Waals surface area contributed by atoms with Crippen LogP contribution in [0.5, 0.6) is 5.75 Å². The number of benzene rings is 1. The number of carbonyl (C=O) groups is 1. The Labute approximate surface area is 108 Å². The van der Waals surface area contributed by atoms with Crippen LogP contribution in [0.4, 0.5) is 5.69 Å². The van der Waals surface area contributed by atoms with Gasteiger partial charge in [0.15, 0.2) is 5.75 Å². The second-order valence-electron chi connectivity index (χ2n) is 4.96. The first-order valence-corrected chi connectivity index (χ1v) is 6.40. The molecule has 18 heavy (non-hydrogen) atoms. The lowest BCUT2D eigenvalue weighted by atomic mass is 10.1. The highest BCUT2D eigenvalue weighted by Crippen LogP contribution is 2.31. The van der Waals surface area contributed by atoms with E-state index in [1.165, 1.54) is 0 Å². The molecular weight excluding hydrogens is 228 g/mol. The standard InChI is InChI=1S/C14H20N2O2/c1-9(2)10(3)16-14(17)11-5-4-6-12-13(11)18-8-7-15-12/h4-6,9-10,15H,7-8H2,1-3H3,(H,16,17). The van der Waals surface area contributed by atoms with Gasteiger partial charge < -0.3 is 15.4 Å². The van der Waals surface area contributed by atoms with Gasteiger partial charge >= 0.3 is 0 Å². The maximum absolute atomic E-state index is 12.2. The van der Waals surface area contributed by atoms with Crippen LogP contribution in [0, 0.1) is 5.92 Å². The largest absolute Gasteiger partial charge is 0.489 e. The molecule has 1 aliphatic heterocycles. The van der Waals surface area contributed by atoms with Crippen molar-refractivity contribution < 1.29 is 9.53 Å². The fourth-order valence-corrected chi connectivity index (χ4v) is 1.80. The Hall–Kier alpha value is -1.71. The SMILES string of the molecule is CC(C)C(C)NC(=O)c1cccc2c1OCCN2. The van der Waals surface area contributed by atoms with Gasteiger partial charge in [0.1, 0.15) is 6.61 Å². The van der Waals surface area contributed by atoms with E-state index in [4.69, 9.17) is 4.74 Å². The van der Waals surface area contributed by atoms with Gasteiger partial charge in [0.05, 0.1) is 11.3 Å². The minimum Gasteiger partial charge on any atom is -0.489 e. The van der Waals surface area contributed by atoms with Crippen molar-refractivity contribution in [3.8, 4) is 5.75 Å². The molecule has 1 aliphatic rings. The van der Waals surface area contributed by atoms with E-state index in [1.54, 1.807) is 6.07 Å². The monoisotopic (exact) mass is 248 g/mol. The van der Waals surface area contributed by atoms with Crippen LogP contribution in [0.25, 0.3) is 0 Å². The molecule has 0 saturated carbocycles. The summed E-state index contributed by atoms with van der Waals surface area (Å²) in [5, 5.41) is 6.23. The van der Waals surface area contributed by atoms with E-state index in [-0.39, 0.29) is 11.9 Å². The van der Waals surface area contributed by atoms with Gasteiger partial charge in [0.25, 0.3) is 5.91 Å². The minimum absolute atomic E-state index is 0.0725. The number of amides is 1. The fraction of sp³-hybridized carbons (Fsp3) is 0.500. The van der Waals surface area contributed by atoms with Gasteiger partial charge in [-0.05, 0) is 25.0 Å². The minimum atomic E-state index is -0.0725. The zero-order chi connectivity index (χ0) is 13.1. The van der Waals surface area contributed by atoms with Gasteiger partial charge in [-0.15, -0.1) is 0 Å². The summed E-state index contributed by atoms with van der Waals surface area (Å²) in [6, 6.07) is 5.74. The number of ether oxygens (including phenoxy) is 1. The molecule has 0 aromatic heterocycles. The number of anilines is 1. The number of carbonyl (C=O) groups excluding carboxylic acids is 1. The molecule has 1 heterocycles. The summed E-state index contributed by atoms with van der Waals surface area (Å²) in [6.07, 6.45) is 0. The average Bonchev–Trinajstić information content (AvgIpc) is 2.37. The predicted octanol–water partition coefficient (Wildman–Crippen LogP) is 2.27. The van der Waals surface area contributed by atoms with Crippen LogP contribution in [0.1, 0.15) is 31.1 Å². The highest BCUT2D eigenvalue weighted by atomic mass is 16.5. The zero-order valence-corrected chi connectivity index (χ0v) is 11.1. The molecule has 0 fully saturated rings. The van der Waals surface area contributed by atoms with Crippen molar-refractivity contribution in [3.63, 3.8) is 0 Å². The maximum atomic E-state index is 12.2. The van der Waals surface area contributed by atoms with Crippen molar-refractivity contribution in [2.45, 2.75) is 26.8 Å². The zero-order valence-electron chi connectivity index (χ0n) is 11.1. The van der Waals surface area contributed by atoms with Crippen molar-refractivity contribution >= 4 is 11.6 Å². The summed E-state index contributed by atoms with van der Waals surface area (Å²) in [5.41, 5.74) is 1.50. The molecule has 0 radical (unpaired) electrons. The molecule has 4 nitrogen and oxygen atoms in total. The lowest BCUT2D eigenvalue weighted by Gasteiger charge is -2.23. The van der Waals surface area contributed by atoms with Crippen LogP contribution < -0.4 is 15.4 Å². The van der Waals surface area contributed by atoms with Gasteiger partial charge in [0, 0.05) is 12.6 Å². The molecule has 2 N–H and O–H groups in total. The molecule has 2 rings (SSSR count). The van der Waals surface area contributed by atoms with Gasteiger partial charge in [0.2, 0.25) is 0 Å². The van der Waals surface area contributed by atoms with Crippen molar-refractivity contribution in [3.05, 3.63) is 23.8 Å². The Morgan fingerprint density at radius 1 is 1.39 bits per heavy atom. The summed E-state index contributed by atoms with van der Waals surface area (Å²) >= 11 is 0. The van der Waals surface area contributed by atoms with E-state index in [2.05, 4.69) is 24.5 Å². The van der Waals surface area contributed by atoms with Crippen molar-refractivity contribution in [1.82, 2.24) is 5.32 Å². The first kappa shape index (κ1) is 12.7. The molecular formula is C14H20N2O2. The lowest BCUT2D eigenvalue weighted by molar-refractivity contribution is 0.0926. The average molecular weight is 248 g/mol. The van der Waals surface area contributed by atoms with Crippen LogP contribution in [-0.2, 0) is 0 Å². The molecule has 1 amide bonds. The molecule has 0 aliphatic carbocycles. The molecule has 1 atom stereocenters. The van der Waals surface area contributed by atoms with E-state index in [9.17, 15) is 4.79 Å². The Bertz CT molecular complexity index is 443. The summed E-state index contributed by atoms with van der Waals surface area (Å²) in [6.45, 7) is 7.56. The first-order chi connectivity index (χ1) is 8.59. The highest BCUT2D eigenvalue weighted by molar-refractivity contribution is 5.99. The number of fused-ring (bicyclic) bond motifs is 1. The maximum Gasteiger partial charge on any atom is 0.255 e. The smallest absolute Gasteiger partial charge is 0.255 e. The third kappa shape index (κ3) is 2.58. The molecule has 1 unspecified atom stereocenters. The third-order valence-electron chi connectivity index (χ3n) is 3.28. The van der Waals surface area contributed by atoms with E-state index in [0.29, 0.717) is 23.8 Å². The van der Waals surface area contributed by atoms with E-state index < -0.39 is 0 Å². The number of hydrogen-bond donors (Lipinski definition) is 2. The second-order valence-corrected chi connectivity index (χ2v) is 4.96. The fourth-order valence-electron chi connectivity index (χ4n) is 1.80. The predicted molar refractivity (Wildman–Crippen MR) is 72.2 cm³/mol. The summed E-state index contributed by atoms with van der Waals surface area (Å²) in [5.74, 6) is 1.00. The van der Waals surface area contributed by atoms with Crippen LogP contribution in [0.2, 0.25) is 0 Å². The molecule has 98 valence electrons. The number of nitrogens with one attached hydrogen (secondary N) is 2. The quantitative estimate of drug-likeness (QED) is 0.862. The molecule has 1 aromatic carbocycles. The molecule has 0 bridgehead atoms. The number of para-hydroxylation sites is 1. The Morgan fingerprint density at radius 3 is 2.89 bits per heavy atom. The Balaban J connectivity index is 2.20. The molecule has 1 aromatic rings. The topological polar surface area (TPSA) is 50.4 Å². The van der Waals surface area contributed by atoms with Crippen LogP contribution in [-0.4, -0.2) is 25.1 Å². The van der Waals surface area contributed by atoms with Crippen LogP contribution in [0.3, 0.4) is 0 Å². The number of rotatable bonds is 3. The van der Waals surface area contributed by atoms with Gasteiger partial charge in [-0.2, -0.15) is 0 Å². The Kier molecular flexibility index (Phi) is 3.75. The molecule has 0 saturated heterocycles.